The van der Waals surface area contributed by atoms with Gasteiger partial charge in [0.05, 0.1) is 0 Å². The first-order chi connectivity index (χ1) is 13.0. The molecule has 5 rings (SSSR count). The van der Waals surface area contributed by atoms with Crippen LogP contribution < -0.4 is 0 Å². The third-order valence-electron chi connectivity index (χ3n) is 9.25. The lowest BCUT2D eigenvalue weighted by atomic mass is 9.47. The summed E-state index contributed by atoms with van der Waals surface area (Å²) in [5, 5.41) is 0. The fraction of sp³-hybridized carbons (Fsp3) is 0.654. The van der Waals surface area contributed by atoms with Crippen molar-refractivity contribution in [1.29, 1.82) is 0 Å². The van der Waals surface area contributed by atoms with E-state index in [0.29, 0.717) is 17.1 Å². The number of rotatable bonds is 2. The van der Waals surface area contributed by atoms with Gasteiger partial charge in [0.2, 0.25) is 0 Å². The van der Waals surface area contributed by atoms with Gasteiger partial charge in [0.25, 0.3) is 0 Å². The summed E-state index contributed by atoms with van der Waals surface area (Å²) < 4.78 is 0. The molecule has 0 aliphatic heterocycles. The van der Waals surface area contributed by atoms with Gasteiger partial charge in [-0.2, -0.15) is 0 Å². The molecule has 144 valence electrons. The first kappa shape index (κ1) is 17.7. The molecule has 1 aromatic carbocycles. The summed E-state index contributed by atoms with van der Waals surface area (Å²) in [5.41, 5.74) is 3.66. The Morgan fingerprint density at radius 2 is 1.74 bits per heavy atom. The van der Waals surface area contributed by atoms with Crippen LogP contribution >= 0.6 is 0 Å². The highest BCUT2D eigenvalue weighted by molar-refractivity contribution is 5.87. The third-order valence-corrected chi connectivity index (χ3v) is 9.25. The second kappa shape index (κ2) is 6.33. The number of carbonyl (C=O) groups excluding carboxylic acids is 1. The highest BCUT2D eigenvalue weighted by Gasteiger charge is 2.58. The van der Waals surface area contributed by atoms with Crippen LogP contribution in [0.3, 0.4) is 0 Å². The predicted octanol–water partition coefficient (Wildman–Crippen LogP) is 6.38. The first-order valence-electron chi connectivity index (χ1n) is 11.3. The minimum absolute atomic E-state index is 0.000969. The largest absolute Gasteiger partial charge is 0.299 e. The highest BCUT2D eigenvalue weighted by Crippen LogP contribution is 2.64. The smallest absolute Gasteiger partial charge is 0.139 e. The Balaban J connectivity index is 1.46. The lowest BCUT2D eigenvalue weighted by Crippen LogP contribution is -2.50. The zero-order valence-corrected chi connectivity index (χ0v) is 17.0. The van der Waals surface area contributed by atoms with Crippen molar-refractivity contribution in [2.75, 3.05) is 0 Å². The molecule has 1 heteroatoms. The molecule has 6 atom stereocenters. The molecule has 0 radical (unpaired) electrons. The van der Waals surface area contributed by atoms with Crippen molar-refractivity contribution >= 4 is 5.78 Å². The van der Waals surface area contributed by atoms with Gasteiger partial charge in [-0.3, -0.25) is 4.79 Å². The quantitative estimate of drug-likeness (QED) is 0.558. The van der Waals surface area contributed by atoms with Crippen LogP contribution in [0, 0.1) is 34.5 Å². The van der Waals surface area contributed by atoms with E-state index in [-0.39, 0.29) is 5.41 Å². The van der Waals surface area contributed by atoms with Crippen LogP contribution in [0.2, 0.25) is 0 Å². The topological polar surface area (TPSA) is 17.1 Å². The number of ketones is 1. The van der Waals surface area contributed by atoms with Crippen molar-refractivity contribution < 1.29 is 4.79 Å². The lowest BCUT2D eigenvalue weighted by Gasteiger charge is -2.57. The van der Waals surface area contributed by atoms with Gasteiger partial charge < -0.3 is 0 Å². The fourth-order valence-electron chi connectivity index (χ4n) is 7.83. The van der Waals surface area contributed by atoms with Gasteiger partial charge in [-0.15, -0.1) is 0 Å². The standard InChI is InChI=1S/C26H34O/c1-25-15-6-9-19(17-18-7-4-3-5-8-18)21(25)11-10-20-22-12-13-24(27)26(22,2)16-14-23(20)25/h3-5,7-8,11,19-20,22-23H,6,9-10,12-17H2,1-2H3/t19-,20+,22+,23+,25+,26+/m1/s1. The molecule has 0 N–H and O–H groups in total. The molecule has 0 spiro atoms. The van der Waals surface area contributed by atoms with Gasteiger partial charge in [-0.05, 0) is 79.6 Å². The van der Waals surface area contributed by atoms with Crippen LogP contribution in [0.15, 0.2) is 42.0 Å². The van der Waals surface area contributed by atoms with Crippen molar-refractivity contribution in [2.45, 2.75) is 71.6 Å². The van der Waals surface area contributed by atoms with E-state index in [1.54, 1.807) is 5.57 Å². The summed E-state index contributed by atoms with van der Waals surface area (Å²) in [7, 11) is 0. The zero-order chi connectivity index (χ0) is 18.6. The number of hydrogen-bond acceptors (Lipinski definition) is 1. The summed E-state index contributed by atoms with van der Waals surface area (Å²) >= 11 is 0. The summed E-state index contributed by atoms with van der Waals surface area (Å²) in [6, 6.07) is 11.1. The van der Waals surface area contributed by atoms with E-state index in [2.05, 4.69) is 50.3 Å². The molecule has 0 unspecified atom stereocenters. The Morgan fingerprint density at radius 3 is 2.56 bits per heavy atom. The van der Waals surface area contributed by atoms with Crippen molar-refractivity contribution in [3.63, 3.8) is 0 Å². The predicted molar refractivity (Wildman–Crippen MR) is 110 cm³/mol. The Morgan fingerprint density at radius 1 is 0.963 bits per heavy atom. The number of fused-ring (bicyclic) bond motifs is 5. The highest BCUT2D eigenvalue weighted by atomic mass is 16.1. The average Bonchev–Trinajstić information content (AvgIpc) is 2.97. The summed E-state index contributed by atoms with van der Waals surface area (Å²) in [6.45, 7) is 4.89. The molecule has 0 saturated heterocycles. The number of benzene rings is 1. The van der Waals surface area contributed by atoms with Gasteiger partial charge in [0, 0.05) is 11.8 Å². The lowest BCUT2D eigenvalue weighted by molar-refractivity contribution is -0.131. The summed E-state index contributed by atoms with van der Waals surface area (Å²) in [5.74, 6) is 3.49. The second-order valence-electron chi connectivity index (χ2n) is 10.4. The van der Waals surface area contributed by atoms with Crippen molar-refractivity contribution in [3.05, 3.63) is 47.5 Å². The Bertz CT molecular complexity index is 762. The maximum atomic E-state index is 12.6. The third kappa shape index (κ3) is 2.60. The number of Topliss-reactive ketones (excluding diaryl/α,β-unsaturated/α-hetero) is 1. The van der Waals surface area contributed by atoms with Gasteiger partial charge in [-0.25, -0.2) is 0 Å². The molecular formula is C26H34O. The number of carbonyl (C=O) groups is 1. The zero-order valence-electron chi connectivity index (χ0n) is 17.0. The Hall–Kier alpha value is -1.37. The SMILES string of the molecule is C[C@]12CCC[C@H](Cc3ccccc3)C1=CC[C@@H]1[C@@H]2CC[C@]2(C)C(=O)CC[C@@H]12. The van der Waals surface area contributed by atoms with E-state index < -0.39 is 0 Å². The van der Waals surface area contributed by atoms with Crippen molar-refractivity contribution in [3.8, 4) is 0 Å². The summed E-state index contributed by atoms with van der Waals surface area (Å²) in [6.07, 6.45) is 13.6. The second-order valence-corrected chi connectivity index (χ2v) is 10.4. The van der Waals surface area contributed by atoms with E-state index >= 15 is 0 Å². The number of allylic oxidation sites excluding steroid dienone is 2. The molecule has 27 heavy (non-hydrogen) atoms. The number of hydrogen-bond donors (Lipinski definition) is 0. The van der Waals surface area contributed by atoms with E-state index in [0.717, 1.165) is 37.0 Å². The van der Waals surface area contributed by atoms with Gasteiger partial charge in [0.15, 0.2) is 0 Å². The van der Waals surface area contributed by atoms with Gasteiger partial charge in [-0.1, -0.05) is 62.2 Å². The Labute approximate surface area is 164 Å². The molecule has 4 aliphatic carbocycles. The molecular weight excluding hydrogens is 328 g/mol. The maximum absolute atomic E-state index is 12.6. The maximum Gasteiger partial charge on any atom is 0.139 e. The minimum atomic E-state index is 0.000969. The van der Waals surface area contributed by atoms with Gasteiger partial charge in [0.1, 0.15) is 5.78 Å². The molecule has 0 aromatic heterocycles. The molecule has 4 aliphatic rings. The van der Waals surface area contributed by atoms with E-state index in [4.69, 9.17) is 0 Å². The molecule has 0 heterocycles. The van der Waals surface area contributed by atoms with Crippen molar-refractivity contribution in [1.82, 2.24) is 0 Å². The monoisotopic (exact) mass is 362 g/mol. The molecule has 1 aromatic rings. The van der Waals surface area contributed by atoms with Crippen LogP contribution in [0.1, 0.15) is 70.8 Å². The van der Waals surface area contributed by atoms with Crippen LogP contribution in [-0.2, 0) is 11.2 Å². The van der Waals surface area contributed by atoms with E-state index in [1.165, 1.54) is 44.1 Å². The average molecular weight is 363 g/mol. The molecule has 0 amide bonds. The van der Waals surface area contributed by atoms with Crippen LogP contribution in [0.5, 0.6) is 0 Å². The molecule has 3 fully saturated rings. The van der Waals surface area contributed by atoms with E-state index in [9.17, 15) is 4.79 Å². The molecule has 0 bridgehead atoms. The van der Waals surface area contributed by atoms with Crippen LogP contribution in [0.4, 0.5) is 0 Å². The normalized spacial score (nSPS) is 43.5. The first-order valence-corrected chi connectivity index (χ1v) is 11.3. The summed E-state index contributed by atoms with van der Waals surface area (Å²) in [4.78, 5) is 12.6. The molecule has 1 nitrogen and oxygen atoms in total. The fourth-order valence-corrected chi connectivity index (χ4v) is 7.83. The minimum Gasteiger partial charge on any atom is -0.299 e. The molecule has 3 saturated carbocycles. The van der Waals surface area contributed by atoms with Crippen molar-refractivity contribution in [2.24, 2.45) is 34.5 Å². The van der Waals surface area contributed by atoms with Crippen LogP contribution in [0.25, 0.3) is 0 Å². The van der Waals surface area contributed by atoms with E-state index in [1.807, 2.05) is 0 Å². The van der Waals surface area contributed by atoms with Crippen LogP contribution in [-0.4, -0.2) is 5.78 Å². The Kier molecular flexibility index (Phi) is 4.15. The van der Waals surface area contributed by atoms with Gasteiger partial charge >= 0.3 is 0 Å².